The van der Waals surface area contributed by atoms with Gasteiger partial charge in [0.25, 0.3) is 0 Å². The largest absolute Gasteiger partial charge is 0.301 e. The summed E-state index contributed by atoms with van der Waals surface area (Å²) in [5.74, 6) is 0. The fourth-order valence-electron chi connectivity index (χ4n) is 2.39. The monoisotopic (exact) mass is 313 g/mol. The van der Waals surface area contributed by atoms with Crippen LogP contribution >= 0.6 is 22.7 Å². The van der Waals surface area contributed by atoms with Gasteiger partial charge in [0.05, 0.1) is 6.04 Å². The smallest absolute Gasteiger partial charge is 0.0673 e. The van der Waals surface area contributed by atoms with Crippen LogP contribution in [0.2, 0.25) is 0 Å². The number of benzene rings is 1. The molecule has 0 aliphatic carbocycles. The lowest BCUT2D eigenvalue weighted by Gasteiger charge is -2.17. The molecule has 1 nitrogen and oxygen atoms in total. The molecule has 0 amide bonds. The normalized spacial score (nSPS) is 12.4. The van der Waals surface area contributed by atoms with Gasteiger partial charge in [-0.25, -0.2) is 0 Å². The van der Waals surface area contributed by atoms with Gasteiger partial charge in [0.15, 0.2) is 0 Å². The molecule has 1 atom stereocenters. The van der Waals surface area contributed by atoms with E-state index in [4.69, 9.17) is 0 Å². The number of aryl methyl sites for hydroxylation is 1. The molecule has 3 rings (SSSR count). The second-order valence-corrected chi connectivity index (χ2v) is 7.19. The molecule has 0 spiro atoms. The average Bonchev–Trinajstić information content (AvgIpc) is 3.20. The van der Waals surface area contributed by atoms with Gasteiger partial charge in [0.1, 0.15) is 0 Å². The molecule has 1 N–H and O–H groups in total. The van der Waals surface area contributed by atoms with E-state index < -0.39 is 0 Å². The zero-order valence-electron chi connectivity index (χ0n) is 12.1. The van der Waals surface area contributed by atoms with Gasteiger partial charge in [-0.1, -0.05) is 43.3 Å². The maximum atomic E-state index is 3.71. The van der Waals surface area contributed by atoms with E-state index in [9.17, 15) is 0 Å². The van der Waals surface area contributed by atoms with E-state index in [0.29, 0.717) is 0 Å². The molecule has 0 fully saturated rings. The van der Waals surface area contributed by atoms with Crippen molar-refractivity contribution < 1.29 is 0 Å². The first-order chi connectivity index (χ1) is 10.4. The van der Waals surface area contributed by atoms with Crippen LogP contribution in [0.25, 0.3) is 0 Å². The molecule has 0 saturated carbocycles. The molecule has 3 aromatic rings. The summed E-state index contributed by atoms with van der Waals surface area (Å²) in [6.07, 6.45) is 1.12. The summed E-state index contributed by atoms with van der Waals surface area (Å²) >= 11 is 3.72. The van der Waals surface area contributed by atoms with Crippen molar-refractivity contribution in [3.8, 4) is 0 Å². The lowest BCUT2D eigenvalue weighted by atomic mass is 10.1. The van der Waals surface area contributed by atoms with Gasteiger partial charge in [0.2, 0.25) is 0 Å². The summed E-state index contributed by atoms with van der Waals surface area (Å²) in [6, 6.07) is 19.8. The third-order valence-electron chi connectivity index (χ3n) is 3.51. The second-order valence-electron chi connectivity index (χ2n) is 4.96. The summed E-state index contributed by atoms with van der Waals surface area (Å²) in [5.41, 5.74) is 1.33. The Kier molecular flexibility index (Phi) is 4.86. The minimum Gasteiger partial charge on any atom is -0.301 e. The zero-order chi connectivity index (χ0) is 14.5. The average molecular weight is 313 g/mol. The van der Waals surface area contributed by atoms with E-state index in [0.717, 1.165) is 13.0 Å². The molecule has 108 valence electrons. The van der Waals surface area contributed by atoms with Gasteiger partial charge in [-0.15, -0.1) is 22.7 Å². The van der Waals surface area contributed by atoms with Gasteiger partial charge in [0, 0.05) is 21.2 Å². The standard InChI is InChI=1S/C18H19NS2/c1-2-15-10-11-16(21-15)13-19-18(17-9-6-12-20-17)14-7-4-3-5-8-14/h3-12,18-19H,2,13H2,1H3. The van der Waals surface area contributed by atoms with Gasteiger partial charge >= 0.3 is 0 Å². The lowest BCUT2D eigenvalue weighted by Crippen LogP contribution is -2.20. The summed E-state index contributed by atoms with van der Waals surface area (Å²) in [7, 11) is 0. The fraction of sp³-hybridized carbons (Fsp3) is 0.222. The zero-order valence-corrected chi connectivity index (χ0v) is 13.7. The lowest BCUT2D eigenvalue weighted by molar-refractivity contribution is 0.618. The first-order valence-corrected chi connectivity index (χ1v) is 8.95. The van der Waals surface area contributed by atoms with Gasteiger partial charge < -0.3 is 5.32 Å². The number of rotatable bonds is 6. The molecule has 1 aromatic carbocycles. The summed E-state index contributed by atoms with van der Waals surface area (Å²) < 4.78 is 0. The van der Waals surface area contributed by atoms with E-state index in [1.807, 2.05) is 22.7 Å². The van der Waals surface area contributed by atoms with Crippen molar-refractivity contribution in [3.05, 3.63) is 80.2 Å². The fourth-order valence-corrected chi connectivity index (χ4v) is 4.13. The van der Waals surface area contributed by atoms with Crippen molar-refractivity contribution >= 4 is 22.7 Å². The Bertz CT molecular complexity index is 656. The van der Waals surface area contributed by atoms with Gasteiger partial charge in [-0.3, -0.25) is 0 Å². The Morgan fingerprint density at radius 1 is 0.952 bits per heavy atom. The van der Waals surface area contributed by atoms with Crippen LogP contribution in [0.3, 0.4) is 0 Å². The predicted octanol–water partition coefficient (Wildman–Crippen LogP) is 5.25. The van der Waals surface area contributed by atoms with E-state index in [2.05, 4.69) is 72.2 Å². The minimum atomic E-state index is 0.276. The van der Waals surface area contributed by atoms with Crippen LogP contribution in [0.4, 0.5) is 0 Å². The third kappa shape index (κ3) is 3.62. The molecule has 2 aromatic heterocycles. The molecule has 3 heteroatoms. The van der Waals surface area contributed by atoms with Crippen molar-refractivity contribution in [1.82, 2.24) is 5.32 Å². The van der Waals surface area contributed by atoms with Crippen molar-refractivity contribution in [2.45, 2.75) is 25.9 Å². The van der Waals surface area contributed by atoms with Crippen molar-refractivity contribution in [2.75, 3.05) is 0 Å². The highest BCUT2D eigenvalue weighted by molar-refractivity contribution is 7.12. The van der Waals surface area contributed by atoms with Crippen LogP contribution in [0, 0.1) is 0 Å². The summed E-state index contributed by atoms with van der Waals surface area (Å²) in [6.45, 7) is 3.13. The first-order valence-electron chi connectivity index (χ1n) is 7.26. The van der Waals surface area contributed by atoms with E-state index in [1.165, 1.54) is 20.2 Å². The number of hydrogen-bond donors (Lipinski definition) is 1. The number of nitrogens with one attached hydrogen (secondary N) is 1. The summed E-state index contributed by atoms with van der Waals surface area (Å²) in [5, 5.41) is 5.86. The minimum absolute atomic E-state index is 0.276. The Hall–Kier alpha value is -1.42. The van der Waals surface area contributed by atoms with Crippen molar-refractivity contribution in [1.29, 1.82) is 0 Å². The van der Waals surface area contributed by atoms with Crippen molar-refractivity contribution in [3.63, 3.8) is 0 Å². The molecule has 21 heavy (non-hydrogen) atoms. The molecule has 0 aliphatic heterocycles. The first kappa shape index (κ1) is 14.5. The highest BCUT2D eigenvalue weighted by atomic mass is 32.1. The molecule has 0 saturated heterocycles. The molecule has 0 radical (unpaired) electrons. The maximum Gasteiger partial charge on any atom is 0.0673 e. The number of thiophene rings is 2. The van der Waals surface area contributed by atoms with E-state index in [-0.39, 0.29) is 6.04 Å². The number of hydrogen-bond acceptors (Lipinski definition) is 3. The Labute approximate surface area is 134 Å². The van der Waals surface area contributed by atoms with Gasteiger partial charge in [-0.05, 0) is 35.6 Å². The Morgan fingerprint density at radius 2 is 1.76 bits per heavy atom. The van der Waals surface area contributed by atoms with Crippen LogP contribution < -0.4 is 5.32 Å². The molecule has 0 bridgehead atoms. The third-order valence-corrected chi connectivity index (χ3v) is 5.67. The topological polar surface area (TPSA) is 12.0 Å². The van der Waals surface area contributed by atoms with E-state index >= 15 is 0 Å². The van der Waals surface area contributed by atoms with Crippen molar-refractivity contribution in [2.24, 2.45) is 0 Å². The highest BCUT2D eigenvalue weighted by Crippen LogP contribution is 2.27. The van der Waals surface area contributed by atoms with Crippen LogP contribution in [0.15, 0.2) is 60.0 Å². The predicted molar refractivity (Wildman–Crippen MR) is 93.1 cm³/mol. The second kappa shape index (κ2) is 7.03. The summed E-state index contributed by atoms with van der Waals surface area (Å²) in [4.78, 5) is 4.23. The molecular formula is C18H19NS2. The maximum absolute atomic E-state index is 3.71. The molecule has 0 aliphatic rings. The van der Waals surface area contributed by atoms with Crippen LogP contribution in [-0.4, -0.2) is 0 Å². The highest BCUT2D eigenvalue weighted by Gasteiger charge is 2.14. The van der Waals surface area contributed by atoms with Crippen LogP contribution in [0.1, 0.15) is 33.2 Å². The van der Waals surface area contributed by atoms with E-state index in [1.54, 1.807) is 0 Å². The molecular weight excluding hydrogens is 294 g/mol. The van der Waals surface area contributed by atoms with Crippen LogP contribution in [-0.2, 0) is 13.0 Å². The van der Waals surface area contributed by atoms with Crippen LogP contribution in [0.5, 0.6) is 0 Å². The Balaban J connectivity index is 1.77. The molecule has 2 heterocycles. The quantitative estimate of drug-likeness (QED) is 0.655. The molecule has 1 unspecified atom stereocenters. The van der Waals surface area contributed by atoms with Gasteiger partial charge in [-0.2, -0.15) is 0 Å². The Morgan fingerprint density at radius 3 is 2.43 bits per heavy atom. The SMILES string of the molecule is CCc1ccc(CNC(c2ccccc2)c2cccs2)s1.